The number of nitrogens with one attached hydrogen (secondary N) is 1. The van der Waals surface area contributed by atoms with Gasteiger partial charge in [-0.05, 0) is 25.1 Å². The van der Waals surface area contributed by atoms with Gasteiger partial charge in [0.1, 0.15) is 0 Å². The molecule has 1 N–H and O–H groups in total. The Morgan fingerprint density at radius 2 is 1.96 bits per heavy atom. The topological polar surface area (TPSA) is 92.6 Å². The summed E-state index contributed by atoms with van der Waals surface area (Å²) in [4.78, 5) is 36.4. The molecule has 128 valence electrons. The molecule has 1 fully saturated rings. The smallest absolute Gasteiger partial charge is 0.271 e. The SMILES string of the molecule is Cc1ccc(NC(=O)[C@@H]2CC(=O)N(c3cccc([N+](=O)[O-])c3)C2)cc1. The third kappa shape index (κ3) is 3.65. The zero-order valence-electron chi connectivity index (χ0n) is 13.6. The summed E-state index contributed by atoms with van der Waals surface area (Å²) >= 11 is 0. The van der Waals surface area contributed by atoms with Crippen molar-refractivity contribution in [2.24, 2.45) is 5.92 Å². The Bertz CT molecular complexity index is 832. The lowest BCUT2D eigenvalue weighted by Crippen LogP contribution is -2.28. The molecule has 0 unspecified atom stereocenters. The highest BCUT2D eigenvalue weighted by Gasteiger charge is 2.35. The van der Waals surface area contributed by atoms with E-state index in [1.165, 1.54) is 23.1 Å². The fourth-order valence-electron chi connectivity index (χ4n) is 2.79. The molecular weight excluding hydrogens is 322 g/mol. The Labute approximate surface area is 144 Å². The predicted octanol–water partition coefficient (Wildman–Crippen LogP) is 2.89. The number of aryl methyl sites for hydroxylation is 1. The largest absolute Gasteiger partial charge is 0.326 e. The van der Waals surface area contributed by atoms with E-state index >= 15 is 0 Å². The number of rotatable bonds is 4. The number of nitro groups is 1. The summed E-state index contributed by atoms with van der Waals surface area (Å²) < 4.78 is 0. The number of amides is 2. The molecular formula is C18H17N3O4. The molecule has 7 heteroatoms. The molecule has 0 radical (unpaired) electrons. The highest BCUT2D eigenvalue weighted by Crippen LogP contribution is 2.28. The Hall–Kier alpha value is -3.22. The Balaban J connectivity index is 1.71. The number of carbonyl (C=O) groups excluding carboxylic acids is 2. The van der Waals surface area contributed by atoms with E-state index in [-0.39, 0.29) is 30.5 Å². The van der Waals surface area contributed by atoms with Crippen LogP contribution in [-0.4, -0.2) is 23.3 Å². The molecule has 2 aromatic rings. The number of anilines is 2. The van der Waals surface area contributed by atoms with Crippen molar-refractivity contribution in [1.29, 1.82) is 0 Å². The third-order valence-corrected chi connectivity index (χ3v) is 4.17. The van der Waals surface area contributed by atoms with Crippen LogP contribution in [0.25, 0.3) is 0 Å². The quantitative estimate of drug-likeness (QED) is 0.685. The van der Waals surface area contributed by atoms with Gasteiger partial charge < -0.3 is 10.2 Å². The molecule has 0 spiro atoms. The fourth-order valence-corrected chi connectivity index (χ4v) is 2.79. The van der Waals surface area contributed by atoms with Crippen LogP contribution in [0.3, 0.4) is 0 Å². The van der Waals surface area contributed by atoms with Crippen molar-refractivity contribution in [3.63, 3.8) is 0 Å². The minimum Gasteiger partial charge on any atom is -0.326 e. The fraction of sp³-hybridized carbons (Fsp3) is 0.222. The molecule has 1 aliphatic rings. The highest BCUT2D eigenvalue weighted by atomic mass is 16.6. The summed E-state index contributed by atoms with van der Waals surface area (Å²) in [5, 5.41) is 13.7. The zero-order valence-corrected chi connectivity index (χ0v) is 13.6. The standard InChI is InChI=1S/C18H17N3O4/c1-12-5-7-14(8-6-12)19-18(23)13-9-17(22)20(11-13)15-3-2-4-16(10-15)21(24)25/h2-8,10,13H,9,11H2,1H3,(H,19,23)/t13-/m1/s1. The van der Waals surface area contributed by atoms with Crippen LogP contribution in [0.15, 0.2) is 48.5 Å². The van der Waals surface area contributed by atoms with Crippen molar-refractivity contribution in [2.75, 3.05) is 16.8 Å². The van der Waals surface area contributed by atoms with Crippen LogP contribution >= 0.6 is 0 Å². The van der Waals surface area contributed by atoms with Crippen LogP contribution in [0.1, 0.15) is 12.0 Å². The molecule has 1 atom stereocenters. The number of non-ortho nitro benzene ring substituents is 1. The lowest BCUT2D eigenvalue weighted by Gasteiger charge is -2.16. The Morgan fingerprint density at radius 1 is 1.24 bits per heavy atom. The summed E-state index contributed by atoms with van der Waals surface area (Å²) in [6.45, 7) is 2.16. The first-order chi connectivity index (χ1) is 11.9. The van der Waals surface area contributed by atoms with Gasteiger partial charge in [0.25, 0.3) is 5.69 Å². The van der Waals surface area contributed by atoms with E-state index in [0.717, 1.165) is 5.56 Å². The van der Waals surface area contributed by atoms with Crippen molar-refractivity contribution in [3.05, 3.63) is 64.2 Å². The first kappa shape index (κ1) is 16.6. The van der Waals surface area contributed by atoms with Gasteiger partial charge in [-0.2, -0.15) is 0 Å². The van der Waals surface area contributed by atoms with E-state index in [9.17, 15) is 19.7 Å². The number of carbonyl (C=O) groups is 2. The van der Waals surface area contributed by atoms with Gasteiger partial charge in [0, 0.05) is 30.8 Å². The molecule has 0 aliphatic carbocycles. The normalized spacial score (nSPS) is 16.8. The van der Waals surface area contributed by atoms with E-state index in [2.05, 4.69) is 5.32 Å². The van der Waals surface area contributed by atoms with Gasteiger partial charge in [-0.15, -0.1) is 0 Å². The number of hydrogen-bond donors (Lipinski definition) is 1. The molecule has 2 amide bonds. The summed E-state index contributed by atoms with van der Waals surface area (Å²) in [6, 6.07) is 13.3. The Morgan fingerprint density at radius 3 is 2.64 bits per heavy atom. The molecule has 0 aromatic heterocycles. The van der Waals surface area contributed by atoms with Crippen molar-refractivity contribution in [2.45, 2.75) is 13.3 Å². The molecule has 2 aromatic carbocycles. The lowest BCUT2D eigenvalue weighted by molar-refractivity contribution is -0.384. The second-order valence-corrected chi connectivity index (χ2v) is 6.04. The van der Waals surface area contributed by atoms with E-state index in [1.54, 1.807) is 6.07 Å². The molecule has 0 saturated carbocycles. The Kier molecular flexibility index (Phi) is 4.47. The van der Waals surface area contributed by atoms with Gasteiger partial charge in [-0.25, -0.2) is 0 Å². The van der Waals surface area contributed by atoms with E-state index in [4.69, 9.17) is 0 Å². The summed E-state index contributed by atoms with van der Waals surface area (Å²) in [6.07, 6.45) is 0.0837. The monoisotopic (exact) mass is 339 g/mol. The molecule has 7 nitrogen and oxygen atoms in total. The van der Waals surface area contributed by atoms with Gasteiger partial charge in [0.15, 0.2) is 0 Å². The van der Waals surface area contributed by atoms with Crippen LogP contribution in [-0.2, 0) is 9.59 Å². The number of nitro benzene ring substituents is 1. The van der Waals surface area contributed by atoms with Gasteiger partial charge in [0.05, 0.1) is 16.5 Å². The summed E-state index contributed by atoms with van der Waals surface area (Å²) in [5.41, 5.74) is 2.12. The average molecular weight is 339 g/mol. The number of benzene rings is 2. The minimum atomic E-state index is -0.508. The van der Waals surface area contributed by atoms with Gasteiger partial charge in [-0.3, -0.25) is 19.7 Å². The maximum atomic E-state index is 12.4. The predicted molar refractivity (Wildman–Crippen MR) is 93.4 cm³/mol. The van der Waals surface area contributed by atoms with Crippen LogP contribution in [0.5, 0.6) is 0 Å². The molecule has 3 rings (SSSR count). The molecule has 0 bridgehead atoms. The van der Waals surface area contributed by atoms with Crippen molar-refractivity contribution >= 4 is 28.9 Å². The van der Waals surface area contributed by atoms with Crippen LogP contribution < -0.4 is 10.2 Å². The van der Waals surface area contributed by atoms with Crippen LogP contribution in [0.2, 0.25) is 0 Å². The van der Waals surface area contributed by atoms with Gasteiger partial charge in [0.2, 0.25) is 11.8 Å². The maximum absolute atomic E-state index is 12.4. The van der Waals surface area contributed by atoms with E-state index in [1.807, 2.05) is 31.2 Å². The van der Waals surface area contributed by atoms with E-state index in [0.29, 0.717) is 11.4 Å². The number of nitrogens with zero attached hydrogens (tertiary/aromatic N) is 2. The molecule has 1 saturated heterocycles. The summed E-state index contributed by atoms with van der Waals surface area (Å²) in [7, 11) is 0. The number of hydrogen-bond acceptors (Lipinski definition) is 4. The van der Waals surface area contributed by atoms with Crippen LogP contribution in [0, 0.1) is 23.0 Å². The van der Waals surface area contributed by atoms with Crippen molar-refractivity contribution in [3.8, 4) is 0 Å². The maximum Gasteiger partial charge on any atom is 0.271 e. The third-order valence-electron chi connectivity index (χ3n) is 4.17. The first-order valence-corrected chi connectivity index (χ1v) is 7.86. The molecule has 25 heavy (non-hydrogen) atoms. The van der Waals surface area contributed by atoms with Gasteiger partial charge >= 0.3 is 0 Å². The average Bonchev–Trinajstić information content (AvgIpc) is 2.99. The van der Waals surface area contributed by atoms with E-state index < -0.39 is 10.8 Å². The molecule has 1 aliphatic heterocycles. The van der Waals surface area contributed by atoms with Crippen molar-refractivity contribution in [1.82, 2.24) is 0 Å². The van der Waals surface area contributed by atoms with Crippen molar-refractivity contribution < 1.29 is 14.5 Å². The highest BCUT2D eigenvalue weighted by molar-refractivity contribution is 6.03. The molecule has 1 heterocycles. The zero-order chi connectivity index (χ0) is 18.0. The van der Waals surface area contributed by atoms with Gasteiger partial charge in [-0.1, -0.05) is 23.8 Å². The summed E-state index contributed by atoms with van der Waals surface area (Å²) in [5.74, 6) is -0.942. The first-order valence-electron chi connectivity index (χ1n) is 7.86. The minimum absolute atomic E-state index is 0.0837. The second-order valence-electron chi connectivity index (χ2n) is 6.04. The second kappa shape index (κ2) is 6.72. The lowest BCUT2D eigenvalue weighted by atomic mass is 10.1. The van der Waals surface area contributed by atoms with Crippen LogP contribution in [0.4, 0.5) is 17.1 Å².